The number of aryl methyl sites for hydroxylation is 2. The second kappa shape index (κ2) is 24.3. The maximum Gasteiger partial charge on any atom is 0.0679 e. The summed E-state index contributed by atoms with van der Waals surface area (Å²) in [5.74, 6) is 4.78. The third-order valence-corrected chi connectivity index (χ3v) is 23.1. The number of benzene rings is 4. The van der Waals surface area contributed by atoms with E-state index >= 15 is 0 Å². The average molecular weight is 1140 g/mol. The van der Waals surface area contributed by atoms with Crippen LogP contribution in [-0.2, 0) is 34.5 Å². The molecule has 2 saturated carbocycles. The van der Waals surface area contributed by atoms with Crippen molar-refractivity contribution in [2.24, 2.45) is 52.3 Å². The lowest BCUT2D eigenvalue weighted by Gasteiger charge is -2.52. The maximum absolute atomic E-state index is 2.78. The molecule has 0 heterocycles. The molecule has 4 aromatic carbocycles. The van der Waals surface area contributed by atoms with Crippen molar-refractivity contribution in [2.75, 3.05) is 26.2 Å². The summed E-state index contributed by atoms with van der Waals surface area (Å²) in [4.78, 5) is 5.00. The Balaban J connectivity index is 0.000000157. The SMILES string of the molecule is CC(C)(C)C1=CC2C(C=C1)C1C=CC(C(C)(C)C)=CC1C2C1(C2CCCC2)CCCc2ccccc21.CC(C)(C)c1ccc2c(c1)C(C1(C3C=CC=C3)CCCc3ccccc31)c1cc(C(C)(C)C)ccc1-2.CCN(CC)C(C)(C)N(CC)CC. The Kier molecular flexibility index (Phi) is 18.1. The first kappa shape index (κ1) is 63.3. The van der Waals surface area contributed by atoms with Crippen molar-refractivity contribution in [1.82, 2.24) is 9.80 Å². The van der Waals surface area contributed by atoms with Crippen LogP contribution in [0.25, 0.3) is 11.1 Å². The standard InChI is InChI=1S/C36H48.C36H40.C11H26N2/c2*1-34(2,3)26-17-19-28-29-20-18-27(35(4,5)6)23-31(29)33(30(28)22-26)36(25-14-8-9-15-25)21-11-13-24-12-7-10-16-32(24)36;1-7-12(8-2)11(5,6)13(9-3)10-4/h7,10,12,16-20,22-23,25,28-31,33H,8-9,11,13-15,21H2,1-6H3;7-10,12,14-20,22-23,25,33H,11,13,21H2,1-6H3;7-10H2,1-6H3. The van der Waals surface area contributed by atoms with Gasteiger partial charge in [-0.05, 0) is 215 Å². The van der Waals surface area contributed by atoms with E-state index in [0.29, 0.717) is 46.8 Å². The summed E-state index contributed by atoms with van der Waals surface area (Å²) >= 11 is 0. The molecule has 0 saturated heterocycles. The van der Waals surface area contributed by atoms with Crippen LogP contribution in [0.4, 0.5) is 0 Å². The van der Waals surface area contributed by atoms with Gasteiger partial charge in [0.15, 0.2) is 0 Å². The number of fused-ring (bicyclic) bond motifs is 8. The molecule has 456 valence electrons. The Morgan fingerprint density at radius 3 is 1.27 bits per heavy atom. The highest BCUT2D eigenvalue weighted by molar-refractivity contribution is 5.81. The second-order valence-corrected chi connectivity index (χ2v) is 32.1. The molecule has 0 aromatic heterocycles. The van der Waals surface area contributed by atoms with Gasteiger partial charge < -0.3 is 0 Å². The third kappa shape index (κ3) is 11.7. The van der Waals surface area contributed by atoms with Crippen LogP contribution < -0.4 is 0 Å². The highest BCUT2D eigenvalue weighted by atomic mass is 15.4. The summed E-state index contributed by atoms with van der Waals surface area (Å²) in [6.45, 7) is 46.5. The van der Waals surface area contributed by atoms with Gasteiger partial charge in [-0.3, -0.25) is 9.80 Å². The number of allylic oxidation sites excluding steroid dienone is 12. The lowest BCUT2D eigenvalue weighted by Crippen LogP contribution is -2.56. The lowest BCUT2D eigenvalue weighted by molar-refractivity contribution is -0.0204. The van der Waals surface area contributed by atoms with Crippen molar-refractivity contribution in [3.8, 4) is 11.1 Å². The highest BCUT2D eigenvalue weighted by Crippen LogP contribution is 2.66. The Hall–Kier alpha value is -4.76. The van der Waals surface area contributed by atoms with Gasteiger partial charge in [0.25, 0.3) is 0 Å². The first-order chi connectivity index (χ1) is 40.2. The molecule has 2 fully saturated rings. The molecule has 0 N–H and O–H groups in total. The number of nitrogens with zero attached hydrogens (tertiary/aromatic N) is 2. The van der Waals surface area contributed by atoms with Crippen LogP contribution in [0.1, 0.15) is 226 Å². The van der Waals surface area contributed by atoms with Crippen LogP contribution in [0, 0.1) is 52.3 Å². The van der Waals surface area contributed by atoms with Crippen molar-refractivity contribution in [1.29, 1.82) is 0 Å². The van der Waals surface area contributed by atoms with Gasteiger partial charge in [0.2, 0.25) is 0 Å². The Labute approximate surface area is 519 Å². The molecule has 12 rings (SSSR count). The molecule has 4 aromatic rings. The summed E-state index contributed by atoms with van der Waals surface area (Å²) in [6.07, 6.45) is 38.7. The van der Waals surface area contributed by atoms with Gasteiger partial charge in [0.05, 0.1) is 5.66 Å². The van der Waals surface area contributed by atoms with Crippen LogP contribution in [0.15, 0.2) is 157 Å². The molecule has 6 atom stereocenters. The molecular weight excluding hydrogens is 1020 g/mol. The van der Waals surface area contributed by atoms with E-state index in [4.69, 9.17) is 0 Å². The monoisotopic (exact) mass is 1140 g/mol. The van der Waals surface area contributed by atoms with Crippen LogP contribution >= 0.6 is 0 Å². The summed E-state index contributed by atoms with van der Waals surface area (Å²) < 4.78 is 0. The largest absolute Gasteiger partial charge is 0.286 e. The zero-order chi connectivity index (χ0) is 61.1. The smallest absolute Gasteiger partial charge is 0.0679 e. The molecule has 2 nitrogen and oxygen atoms in total. The van der Waals surface area contributed by atoms with Gasteiger partial charge in [-0.2, -0.15) is 0 Å². The predicted octanol–water partition coefficient (Wildman–Crippen LogP) is 21.4. The molecule has 2 heteroatoms. The van der Waals surface area contributed by atoms with E-state index in [0.717, 1.165) is 32.1 Å². The number of rotatable bonds is 10. The van der Waals surface area contributed by atoms with E-state index in [-0.39, 0.29) is 32.7 Å². The molecule has 6 unspecified atom stereocenters. The van der Waals surface area contributed by atoms with Crippen molar-refractivity contribution in [3.05, 3.63) is 201 Å². The summed E-state index contributed by atoms with van der Waals surface area (Å²) in [5.41, 5.74) is 19.6. The molecular formula is C83H114N2. The van der Waals surface area contributed by atoms with Crippen molar-refractivity contribution < 1.29 is 0 Å². The molecule has 0 bridgehead atoms. The van der Waals surface area contributed by atoms with Crippen LogP contribution in [0.2, 0.25) is 0 Å². The Morgan fingerprint density at radius 1 is 0.447 bits per heavy atom. The van der Waals surface area contributed by atoms with Crippen molar-refractivity contribution >= 4 is 0 Å². The molecule has 85 heavy (non-hydrogen) atoms. The van der Waals surface area contributed by atoms with E-state index in [1.165, 1.54) is 97.6 Å². The maximum atomic E-state index is 2.78. The minimum absolute atomic E-state index is 0.0192. The molecule has 8 aliphatic rings. The first-order valence-electron chi connectivity index (χ1n) is 34.4. The van der Waals surface area contributed by atoms with Gasteiger partial charge in [-0.1, -0.05) is 269 Å². The summed E-state index contributed by atoms with van der Waals surface area (Å²) in [7, 11) is 0. The summed E-state index contributed by atoms with van der Waals surface area (Å²) in [5, 5.41) is 0. The van der Waals surface area contributed by atoms with Crippen LogP contribution in [-0.4, -0.2) is 41.6 Å². The quantitative estimate of drug-likeness (QED) is 0.146. The third-order valence-electron chi connectivity index (χ3n) is 23.1. The lowest BCUT2D eigenvalue weighted by atomic mass is 9.51. The molecule has 0 aliphatic heterocycles. The number of hydrogen-bond acceptors (Lipinski definition) is 2. The van der Waals surface area contributed by atoms with Gasteiger partial charge >= 0.3 is 0 Å². The molecule has 0 amide bonds. The normalized spacial score (nSPS) is 26.4. The van der Waals surface area contributed by atoms with Crippen LogP contribution in [0.3, 0.4) is 0 Å². The highest BCUT2D eigenvalue weighted by Gasteiger charge is 2.61. The van der Waals surface area contributed by atoms with E-state index in [1.54, 1.807) is 33.4 Å². The first-order valence-corrected chi connectivity index (χ1v) is 34.4. The van der Waals surface area contributed by atoms with Gasteiger partial charge in [-0.25, -0.2) is 0 Å². The minimum Gasteiger partial charge on any atom is -0.286 e. The van der Waals surface area contributed by atoms with E-state index < -0.39 is 0 Å². The van der Waals surface area contributed by atoms with Gasteiger partial charge in [0, 0.05) is 22.7 Å². The minimum atomic E-state index is 0.0192. The second-order valence-electron chi connectivity index (χ2n) is 32.1. The fourth-order valence-corrected chi connectivity index (χ4v) is 18.7. The fraction of sp³-hybridized carbons (Fsp3) is 0.566. The van der Waals surface area contributed by atoms with E-state index in [2.05, 4.69) is 280 Å². The topological polar surface area (TPSA) is 6.48 Å². The number of hydrogen-bond donors (Lipinski definition) is 0. The van der Waals surface area contributed by atoms with Gasteiger partial charge in [-0.15, -0.1) is 0 Å². The van der Waals surface area contributed by atoms with Gasteiger partial charge in [0.1, 0.15) is 0 Å². The average Bonchev–Trinajstić information content (AvgIpc) is 1.70. The molecule has 8 aliphatic carbocycles. The zero-order valence-electron chi connectivity index (χ0n) is 56.8. The Morgan fingerprint density at radius 2 is 0.859 bits per heavy atom. The van der Waals surface area contributed by atoms with Crippen LogP contribution in [0.5, 0.6) is 0 Å². The molecule has 0 radical (unpaired) electrons. The van der Waals surface area contributed by atoms with Crippen molar-refractivity contribution in [2.45, 2.75) is 222 Å². The predicted molar refractivity (Wildman–Crippen MR) is 368 cm³/mol. The van der Waals surface area contributed by atoms with E-state index in [9.17, 15) is 0 Å². The van der Waals surface area contributed by atoms with Crippen molar-refractivity contribution in [3.63, 3.8) is 0 Å². The Bertz CT molecular complexity index is 3050. The zero-order valence-corrected chi connectivity index (χ0v) is 56.8. The summed E-state index contributed by atoms with van der Waals surface area (Å²) in [6, 6.07) is 33.8. The molecule has 0 spiro atoms. The van der Waals surface area contributed by atoms with E-state index in [1.807, 2.05) is 0 Å². The fourth-order valence-electron chi connectivity index (χ4n) is 18.7.